The van der Waals surface area contributed by atoms with Crippen molar-refractivity contribution in [2.75, 3.05) is 39.5 Å². The number of nitrogens with zero attached hydrogens (tertiary/aromatic N) is 1. The lowest BCUT2D eigenvalue weighted by atomic mass is 9.80. The SMILES string of the molecule is O=C(C1CCC1)N1CC2(C[C@H](OCC3CCOCC3)CCO2)C1. The van der Waals surface area contributed by atoms with Gasteiger partial charge in [0, 0.05) is 38.8 Å². The maximum atomic E-state index is 12.3. The van der Waals surface area contributed by atoms with Crippen LogP contribution in [0.3, 0.4) is 0 Å². The minimum Gasteiger partial charge on any atom is -0.381 e. The number of likely N-dealkylation sites (tertiary alicyclic amines) is 1. The summed E-state index contributed by atoms with van der Waals surface area (Å²) in [7, 11) is 0. The second-order valence-corrected chi connectivity index (χ2v) is 7.86. The van der Waals surface area contributed by atoms with Crippen LogP contribution in [0, 0.1) is 11.8 Å². The van der Waals surface area contributed by atoms with Crippen molar-refractivity contribution in [3.05, 3.63) is 0 Å². The summed E-state index contributed by atoms with van der Waals surface area (Å²) >= 11 is 0. The van der Waals surface area contributed by atoms with Crippen LogP contribution in [0.1, 0.15) is 44.9 Å². The van der Waals surface area contributed by atoms with Crippen molar-refractivity contribution in [3.8, 4) is 0 Å². The molecule has 3 heterocycles. The summed E-state index contributed by atoms with van der Waals surface area (Å²) in [5.41, 5.74) is -0.113. The van der Waals surface area contributed by atoms with Gasteiger partial charge in [0.2, 0.25) is 5.91 Å². The molecule has 4 fully saturated rings. The van der Waals surface area contributed by atoms with E-state index in [9.17, 15) is 4.79 Å². The summed E-state index contributed by atoms with van der Waals surface area (Å²) in [5.74, 6) is 1.31. The van der Waals surface area contributed by atoms with E-state index in [-0.39, 0.29) is 5.60 Å². The smallest absolute Gasteiger partial charge is 0.225 e. The lowest BCUT2D eigenvalue weighted by molar-refractivity contribution is -0.205. The molecule has 3 saturated heterocycles. The van der Waals surface area contributed by atoms with Gasteiger partial charge in [-0.05, 0) is 38.0 Å². The van der Waals surface area contributed by atoms with Gasteiger partial charge in [-0.25, -0.2) is 0 Å². The lowest BCUT2D eigenvalue weighted by Gasteiger charge is -2.54. The average molecular weight is 323 g/mol. The molecule has 1 aliphatic carbocycles. The first-order chi connectivity index (χ1) is 11.2. The van der Waals surface area contributed by atoms with Gasteiger partial charge >= 0.3 is 0 Å². The fourth-order valence-electron chi connectivity index (χ4n) is 4.25. The summed E-state index contributed by atoms with van der Waals surface area (Å²) in [6.45, 7) is 4.94. The van der Waals surface area contributed by atoms with E-state index < -0.39 is 0 Å². The van der Waals surface area contributed by atoms with Crippen LogP contribution >= 0.6 is 0 Å². The highest BCUT2D eigenvalue weighted by Gasteiger charge is 2.50. The van der Waals surface area contributed by atoms with E-state index in [1.54, 1.807) is 0 Å². The third-order valence-corrected chi connectivity index (χ3v) is 6.08. The molecule has 0 radical (unpaired) electrons. The molecule has 0 aromatic carbocycles. The Labute approximate surface area is 138 Å². The number of rotatable bonds is 4. The Balaban J connectivity index is 1.22. The van der Waals surface area contributed by atoms with Crippen molar-refractivity contribution in [1.82, 2.24) is 4.90 Å². The largest absolute Gasteiger partial charge is 0.381 e. The van der Waals surface area contributed by atoms with Crippen LogP contribution in [0.15, 0.2) is 0 Å². The maximum Gasteiger partial charge on any atom is 0.225 e. The van der Waals surface area contributed by atoms with Gasteiger partial charge in [0.25, 0.3) is 0 Å². The van der Waals surface area contributed by atoms with E-state index in [0.717, 1.165) is 78.0 Å². The van der Waals surface area contributed by atoms with E-state index >= 15 is 0 Å². The van der Waals surface area contributed by atoms with Gasteiger partial charge in [-0.2, -0.15) is 0 Å². The second-order valence-electron chi connectivity index (χ2n) is 7.86. The molecule has 0 N–H and O–H groups in total. The molecule has 1 saturated carbocycles. The van der Waals surface area contributed by atoms with Crippen LogP contribution in [-0.2, 0) is 19.0 Å². The number of hydrogen-bond acceptors (Lipinski definition) is 4. The molecule has 0 bridgehead atoms. The van der Waals surface area contributed by atoms with Gasteiger partial charge in [-0.15, -0.1) is 0 Å². The molecule has 1 atom stereocenters. The highest BCUT2D eigenvalue weighted by atomic mass is 16.5. The first kappa shape index (κ1) is 15.9. The molecule has 0 unspecified atom stereocenters. The molecule has 0 aromatic rings. The van der Waals surface area contributed by atoms with Gasteiger partial charge in [-0.3, -0.25) is 4.79 Å². The summed E-state index contributed by atoms with van der Waals surface area (Å²) in [6.07, 6.45) is 7.86. The molecular formula is C18H29NO4. The zero-order chi connectivity index (χ0) is 15.7. The Morgan fingerprint density at radius 3 is 2.57 bits per heavy atom. The fraction of sp³-hybridized carbons (Fsp3) is 0.944. The monoisotopic (exact) mass is 323 g/mol. The zero-order valence-corrected chi connectivity index (χ0v) is 14.0. The average Bonchev–Trinajstić information content (AvgIpc) is 2.50. The Bertz CT molecular complexity index is 425. The molecule has 3 aliphatic heterocycles. The molecule has 1 amide bonds. The molecular weight excluding hydrogens is 294 g/mol. The Morgan fingerprint density at radius 2 is 1.87 bits per heavy atom. The van der Waals surface area contributed by atoms with Gasteiger partial charge in [0.1, 0.15) is 5.60 Å². The highest BCUT2D eigenvalue weighted by molar-refractivity contribution is 5.80. The zero-order valence-electron chi connectivity index (χ0n) is 14.0. The Hall–Kier alpha value is -0.650. The number of carbonyl (C=O) groups excluding carboxylic acids is 1. The highest BCUT2D eigenvalue weighted by Crippen LogP contribution is 2.38. The molecule has 130 valence electrons. The van der Waals surface area contributed by atoms with Crippen LogP contribution in [0.2, 0.25) is 0 Å². The van der Waals surface area contributed by atoms with Crippen molar-refractivity contribution >= 4 is 5.91 Å². The van der Waals surface area contributed by atoms with Crippen molar-refractivity contribution < 1.29 is 19.0 Å². The van der Waals surface area contributed by atoms with E-state index in [1.807, 2.05) is 4.90 Å². The quantitative estimate of drug-likeness (QED) is 0.794. The second kappa shape index (κ2) is 6.69. The Morgan fingerprint density at radius 1 is 1.09 bits per heavy atom. The topological polar surface area (TPSA) is 48.0 Å². The van der Waals surface area contributed by atoms with Crippen molar-refractivity contribution in [3.63, 3.8) is 0 Å². The van der Waals surface area contributed by atoms with Crippen molar-refractivity contribution in [2.24, 2.45) is 11.8 Å². The number of amides is 1. The summed E-state index contributed by atoms with van der Waals surface area (Å²) < 4.78 is 17.6. The first-order valence-electron chi connectivity index (χ1n) is 9.36. The van der Waals surface area contributed by atoms with Gasteiger partial charge in [0.05, 0.1) is 19.2 Å². The molecule has 23 heavy (non-hydrogen) atoms. The van der Waals surface area contributed by atoms with Gasteiger partial charge in [-0.1, -0.05) is 6.42 Å². The molecule has 5 nitrogen and oxygen atoms in total. The van der Waals surface area contributed by atoms with Crippen LogP contribution in [0.4, 0.5) is 0 Å². The summed E-state index contributed by atoms with van der Waals surface area (Å²) in [5, 5.41) is 0. The number of carbonyl (C=O) groups is 1. The molecule has 4 aliphatic rings. The number of ether oxygens (including phenoxy) is 3. The molecule has 1 spiro atoms. The van der Waals surface area contributed by atoms with Crippen molar-refractivity contribution in [1.29, 1.82) is 0 Å². The van der Waals surface area contributed by atoms with E-state index in [2.05, 4.69) is 0 Å². The summed E-state index contributed by atoms with van der Waals surface area (Å²) in [4.78, 5) is 14.3. The van der Waals surface area contributed by atoms with Crippen LogP contribution in [0.25, 0.3) is 0 Å². The third kappa shape index (κ3) is 3.42. The minimum absolute atomic E-state index is 0.113. The standard InChI is InChI=1S/C18H29NO4/c20-17(15-2-1-3-15)19-12-18(13-19)10-16(6-9-23-18)22-11-14-4-7-21-8-5-14/h14-16H,1-13H2/t16-/m1/s1. The van der Waals surface area contributed by atoms with Crippen LogP contribution in [-0.4, -0.2) is 62.0 Å². The van der Waals surface area contributed by atoms with Crippen molar-refractivity contribution in [2.45, 2.75) is 56.7 Å². The first-order valence-corrected chi connectivity index (χ1v) is 9.36. The predicted octanol–water partition coefficient (Wildman–Crippen LogP) is 1.99. The third-order valence-electron chi connectivity index (χ3n) is 6.08. The van der Waals surface area contributed by atoms with E-state index in [0.29, 0.717) is 23.8 Å². The normalized spacial score (nSPS) is 31.7. The maximum absolute atomic E-state index is 12.3. The summed E-state index contributed by atoms with van der Waals surface area (Å²) in [6, 6.07) is 0. The van der Waals surface area contributed by atoms with Crippen LogP contribution < -0.4 is 0 Å². The van der Waals surface area contributed by atoms with Gasteiger partial charge in [0.15, 0.2) is 0 Å². The fourth-order valence-corrected chi connectivity index (χ4v) is 4.25. The number of hydrogen-bond donors (Lipinski definition) is 0. The Kier molecular flexibility index (Phi) is 4.61. The minimum atomic E-state index is -0.113. The van der Waals surface area contributed by atoms with Crippen LogP contribution in [0.5, 0.6) is 0 Å². The molecule has 0 aromatic heterocycles. The predicted molar refractivity (Wildman–Crippen MR) is 85.1 cm³/mol. The van der Waals surface area contributed by atoms with Gasteiger partial charge < -0.3 is 19.1 Å². The molecule has 4 rings (SSSR count). The lowest BCUT2D eigenvalue weighted by Crippen LogP contribution is -2.68. The van der Waals surface area contributed by atoms with E-state index in [4.69, 9.17) is 14.2 Å². The van der Waals surface area contributed by atoms with E-state index in [1.165, 1.54) is 6.42 Å². The molecule has 5 heteroatoms.